The first kappa shape index (κ1) is 15.3. The lowest BCUT2D eigenvalue weighted by Gasteiger charge is -2.34. The highest BCUT2D eigenvalue weighted by Gasteiger charge is 2.46. The van der Waals surface area contributed by atoms with E-state index in [2.05, 4.69) is 109 Å². The van der Waals surface area contributed by atoms with Crippen molar-refractivity contribution in [1.29, 1.82) is 0 Å². The zero-order chi connectivity index (χ0) is 19.0. The van der Waals surface area contributed by atoms with Crippen molar-refractivity contribution in [2.75, 3.05) is 0 Å². The second-order valence-electron chi connectivity index (χ2n) is 8.15. The topological polar surface area (TPSA) is 0 Å². The Hall–Kier alpha value is -3.64. The van der Waals surface area contributed by atoms with Crippen LogP contribution in [0.25, 0.3) is 33.5 Å². The maximum Gasteiger partial charge on any atom is 0.0659 e. The van der Waals surface area contributed by atoms with Crippen LogP contribution in [0.4, 0.5) is 0 Å². The molecule has 0 bridgehead atoms. The van der Waals surface area contributed by atoms with Gasteiger partial charge in [0.15, 0.2) is 0 Å². The fraction of sp³-hybridized carbons (Fsp3) is 0.0345. The first-order valence-corrected chi connectivity index (χ1v) is 10.2. The third-order valence-corrected chi connectivity index (χ3v) is 6.82. The van der Waals surface area contributed by atoms with E-state index >= 15 is 0 Å². The Balaban J connectivity index is 1.75. The number of fused-ring (bicyclic) bond motifs is 10. The number of rotatable bonds is 0. The minimum atomic E-state index is -0.233. The first-order valence-electron chi connectivity index (χ1n) is 10.2. The SMILES string of the molecule is C1=CC2(C3=c4c(ccc5ccccc45)=CC3=C1)c1ccccc1-c1ccccc12. The highest BCUT2D eigenvalue weighted by atomic mass is 14.5. The van der Waals surface area contributed by atoms with Crippen molar-refractivity contribution in [3.63, 3.8) is 0 Å². The van der Waals surface area contributed by atoms with Crippen LogP contribution in [0.1, 0.15) is 11.1 Å². The second kappa shape index (κ2) is 5.24. The van der Waals surface area contributed by atoms with E-state index in [1.54, 1.807) is 0 Å². The summed E-state index contributed by atoms with van der Waals surface area (Å²) < 4.78 is 0. The summed E-state index contributed by atoms with van der Waals surface area (Å²) in [6.45, 7) is 0. The summed E-state index contributed by atoms with van der Waals surface area (Å²) in [4.78, 5) is 0. The predicted octanol–water partition coefficient (Wildman–Crippen LogP) is 5.25. The highest BCUT2D eigenvalue weighted by molar-refractivity contribution is 6.03. The summed E-state index contributed by atoms with van der Waals surface area (Å²) in [6, 6.07) is 31.2. The fourth-order valence-corrected chi connectivity index (χ4v) is 5.73. The molecule has 4 aromatic rings. The van der Waals surface area contributed by atoms with Gasteiger partial charge in [-0.05, 0) is 60.7 Å². The van der Waals surface area contributed by atoms with Gasteiger partial charge in [0, 0.05) is 0 Å². The van der Waals surface area contributed by atoms with E-state index in [1.165, 1.54) is 54.6 Å². The molecule has 0 fully saturated rings. The molecule has 0 heterocycles. The second-order valence-corrected chi connectivity index (χ2v) is 8.15. The molecule has 0 saturated heterocycles. The minimum Gasteiger partial charge on any atom is -0.0651 e. The standard InChI is InChI=1S/C29H18/c1-2-10-22-19(8-1)15-16-20-18-21-9-7-17-29(28(21)27(20)22)25-13-5-3-11-23(25)24-12-4-6-14-26(24)29/h1-18H. The van der Waals surface area contributed by atoms with Crippen LogP contribution >= 0.6 is 0 Å². The predicted molar refractivity (Wildman–Crippen MR) is 121 cm³/mol. The van der Waals surface area contributed by atoms with E-state index < -0.39 is 0 Å². The molecule has 0 aromatic heterocycles. The van der Waals surface area contributed by atoms with Gasteiger partial charge in [0.05, 0.1) is 5.41 Å². The molecule has 29 heavy (non-hydrogen) atoms. The zero-order valence-corrected chi connectivity index (χ0v) is 15.9. The van der Waals surface area contributed by atoms with Crippen LogP contribution in [0.15, 0.2) is 109 Å². The van der Waals surface area contributed by atoms with Crippen molar-refractivity contribution < 1.29 is 0 Å². The molecule has 0 atom stereocenters. The summed E-state index contributed by atoms with van der Waals surface area (Å²) in [6.07, 6.45) is 9.31. The molecule has 3 aliphatic carbocycles. The Labute approximate surface area is 169 Å². The third kappa shape index (κ3) is 1.75. The van der Waals surface area contributed by atoms with E-state index in [-0.39, 0.29) is 5.41 Å². The monoisotopic (exact) mass is 366 g/mol. The molecule has 0 heteroatoms. The summed E-state index contributed by atoms with van der Waals surface area (Å²) in [5.74, 6) is 0. The Morgan fingerprint density at radius 3 is 2.10 bits per heavy atom. The third-order valence-electron chi connectivity index (χ3n) is 6.82. The van der Waals surface area contributed by atoms with E-state index in [9.17, 15) is 0 Å². The Morgan fingerprint density at radius 1 is 0.621 bits per heavy atom. The summed E-state index contributed by atoms with van der Waals surface area (Å²) in [5.41, 5.74) is 8.04. The molecule has 1 spiro atoms. The first-order chi connectivity index (χ1) is 14.4. The maximum atomic E-state index is 2.42. The molecule has 0 N–H and O–H groups in total. The van der Waals surface area contributed by atoms with Gasteiger partial charge in [0.2, 0.25) is 0 Å². The fourth-order valence-electron chi connectivity index (χ4n) is 5.73. The van der Waals surface area contributed by atoms with Gasteiger partial charge in [-0.1, -0.05) is 103 Å². The van der Waals surface area contributed by atoms with Crippen molar-refractivity contribution in [2.24, 2.45) is 0 Å². The average Bonchev–Trinajstić information content (AvgIpc) is 3.30. The van der Waals surface area contributed by atoms with Gasteiger partial charge < -0.3 is 0 Å². The average molecular weight is 366 g/mol. The molecule has 7 rings (SSSR count). The van der Waals surface area contributed by atoms with Gasteiger partial charge in [-0.25, -0.2) is 0 Å². The van der Waals surface area contributed by atoms with E-state index in [0.29, 0.717) is 0 Å². The summed E-state index contributed by atoms with van der Waals surface area (Å²) in [7, 11) is 0. The van der Waals surface area contributed by atoms with Crippen LogP contribution in [-0.2, 0) is 5.41 Å². The lowest BCUT2D eigenvalue weighted by Crippen LogP contribution is -2.34. The van der Waals surface area contributed by atoms with Crippen LogP contribution in [0.2, 0.25) is 0 Å². The van der Waals surface area contributed by atoms with E-state index in [0.717, 1.165) is 0 Å². The number of benzene rings is 4. The van der Waals surface area contributed by atoms with Crippen molar-refractivity contribution in [3.05, 3.63) is 130 Å². The molecule has 0 nitrogen and oxygen atoms in total. The Bertz CT molecular complexity index is 1500. The molecule has 134 valence electrons. The lowest BCUT2D eigenvalue weighted by molar-refractivity contribution is 0.860. The van der Waals surface area contributed by atoms with Gasteiger partial charge in [0.1, 0.15) is 0 Å². The molecule has 0 radical (unpaired) electrons. The number of hydrogen-bond donors (Lipinski definition) is 0. The molecule has 0 amide bonds. The highest BCUT2D eigenvalue weighted by Crippen LogP contribution is 2.56. The molecule has 4 aromatic carbocycles. The summed E-state index contributed by atoms with van der Waals surface area (Å²) in [5, 5.41) is 5.37. The van der Waals surface area contributed by atoms with E-state index in [4.69, 9.17) is 0 Å². The van der Waals surface area contributed by atoms with Gasteiger partial charge in [0.25, 0.3) is 0 Å². The van der Waals surface area contributed by atoms with Crippen molar-refractivity contribution in [1.82, 2.24) is 0 Å². The number of hydrogen-bond acceptors (Lipinski definition) is 0. The van der Waals surface area contributed by atoms with Gasteiger partial charge in [-0.15, -0.1) is 0 Å². The van der Waals surface area contributed by atoms with Crippen LogP contribution in [0.5, 0.6) is 0 Å². The normalized spacial score (nSPS) is 16.8. The van der Waals surface area contributed by atoms with Gasteiger partial charge >= 0.3 is 0 Å². The molecule has 0 aliphatic heterocycles. The maximum absolute atomic E-state index is 2.42. The van der Waals surface area contributed by atoms with Crippen LogP contribution in [0.3, 0.4) is 0 Å². The molecule has 0 saturated carbocycles. The zero-order valence-electron chi connectivity index (χ0n) is 15.9. The van der Waals surface area contributed by atoms with Crippen molar-refractivity contribution >= 4 is 22.4 Å². The molecule has 3 aliphatic rings. The van der Waals surface area contributed by atoms with Crippen LogP contribution in [-0.4, -0.2) is 0 Å². The van der Waals surface area contributed by atoms with E-state index in [1.807, 2.05) is 0 Å². The van der Waals surface area contributed by atoms with Crippen molar-refractivity contribution in [2.45, 2.75) is 5.41 Å². The quantitative estimate of drug-likeness (QED) is 0.399. The minimum absolute atomic E-state index is 0.233. The lowest BCUT2D eigenvalue weighted by atomic mass is 9.67. The largest absolute Gasteiger partial charge is 0.0659 e. The smallest absolute Gasteiger partial charge is 0.0651 e. The van der Waals surface area contributed by atoms with Crippen molar-refractivity contribution in [3.8, 4) is 11.1 Å². The molecular formula is C29H18. The van der Waals surface area contributed by atoms with Crippen LogP contribution < -0.4 is 10.4 Å². The Morgan fingerprint density at radius 2 is 1.31 bits per heavy atom. The Kier molecular flexibility index (Phi) is 2.77. The molecular weight excluding hydrogens is 348 g/mol. The molecule has 0 unspecified atom stereocenters. The van der Waals surface area contributed by atoms with Gasteiger partial charge in [-0.2, -0.15) is 0 Å². The summed E-state index contributed by atoms with van der Waals surface area (Å²) >= 11 is 0. The number of allylic oxidation sites excluding steroid dienone is 4. The van der Waals surface area contributed by atoms with Crippen LogP contribution in [0, 0.1) is 0 Å². The van der Waals surface area contributed by atoms with Gasteiger partial charge in [-0.3, -0.25) is 0 Å².